The Balaban J connectivity index is 2.53. The van der Waals surface area contributed by atoms with E-state index >= 15 is 0 Å². The van der Waals surface area contributed by atoms with E-state index in [1.807, 2.05) is 13.8 Å². The SMILES string of the molecule is CC(C)Oc1cccc(C(=O)NCC[C@H](O)C(=O)O)c1. The normalized spacial score (nSPS) is 12.0. The molecule has 1 atom stereocenters. The number of nitrogens with one attached hydrogen (secondary N) is 1. The second-order valence-electron chi connectivity index (χ2n) is 4.59. The Morgan fingerprint density at radius 1 is 1.35 bits per heavy atom. The lowest BCUT2D eigenvalue weighted by molar-refractivity contribution is -0.146. The van der Waals surface area contributed by atoms with Crippen molar-refractivity contribution >= 4 is 11.9 Å². The van der Waals surface area contributed by atoms with Gasteiger partial charge in [-0.05, 0) is 32.0 Å². The van der Waals surface area contributed by atoms with Gasteiger partial charge >= 0.3 is 5.97 Å². The van der Waals surface area contributed by atoms with Crippen molar-refractivity contribution in [3.8, 4) is 5.75 Å². The van der Waals surface area contributed by atoms with E-state index in [1.165, 1.54) is 0 Å². The first-order valence-electron chi connectivity index (χ1n) is 6.36. The van der Waals surface area contributed by atoms with E-state index in [1.54, 1.807) is 24.3 Å². The van der Waals surface area contributed by atoms with E-state index in [-0.39, 0.29) is 25.0 Å². The van der Waals surface area contributed by atoms with E-state index in [2.05, 4.69) is 5.32 Å². The highest BCUT2D eigenvalue weighted by molar-refractivity contribution is 5.94. The fourth-order valence-corrected chi connectivity index (χ4v) is 1.53. The number of aliphatic hydroxyl groups is 1. The number of hydrogen-bond acceptors (Lipinski definition) is 4. The monoisotopic (exact) mass is 281 g/mol. The molecule has 1 aromatic rings. The van der Waals surface area contributed by atoms with Crippen LogP contribution in [-0.2, 0) is 4.79 Å². The third kappa shape index (κ3) is 5.27. The standard InChI is InChI=1S/C14H19NO5/c1-9(2)20-11-5-3-4-10(8-11)13(17)15-7-6-12(16)14(18)19/h3-5,8-9,12,16H,6-7H2,1-2H3,(H,15,17)(H,18,19)/t12-/m0/s1. The van der Waals surface area contributed by atoms with Gasteiger partial charge in [0.2, 0.25) is 0 Å². The molecule has 0 unspecified atom stereocenters. The van der Waals surface area contributed by atoms with Crippen LogP contribution in [0.5, 0.6) is 5.75 Å². The predicted molar refractivity (Wildman–Crippen MR) is 72.8 cm³/mol. The van der Waals surface area contributed by atoms with E-state index in [0.717, 1.165) is 0 Å². The topological polar surface area (TPSA) is 95.9 Å². The highest BCUT2D eigenvalue weighted by atomic mass is 16.5. The Bertz CT molecular complexity index is 472. The Hall–Kier alpha value is -2.08. The van der Waals surface area contributed by atoms with Gasteiger partial charge in [0.25, 0.3) is 5.91 Å². The van der Waals surface area contributed by atoms with Gasteiger partial charge in [-0.2, -0.15) is 0 Å². The predicted octanol–water partition coefficient (Wildman–Crippen LogP) is 1.04. The van der Waals surface area contributed by atoms with Gasteiger partial charge in [-0.15, -0.1) is 0 Å². The number of benzene rings is 1. The molecule has 0 fully saturated rings. The quantitative estimate of drug-likeness (QED) is 0.694. The van der Waals surface area contributed by atoms with Crippen molar-refractivity contribution in [2.24, 2.45) is 0 Å². The van der Waals surface area contributed by atoms with Crippen LogP contribution >= 0.6 is 0 Å². The van der Waals surface area contributed by atoms with Crippen molar-refractivity contribution in [3.05, 3.63) is 29.8 Å². The van der Waals surface area contributed by atoms with Crippen molar-refractivity contribution in [3.63, 3.8) is 0 Å². The molecule has 3 N–H and O–H groups in total. The van der Waals surface area contributed by atoms with E-state index in [0.29, 0.717) is 11.3 Å². The number of hydrogen-bond donors (Lipinski definition) is 3. The van der Waals surface area contributed by atoms with Crippen LogP contribution in [0.1, 0.15) is 30.6 Å². The molecule has 0 bridgehead atoms. The van der Waals surface area contributed by atoms with Crippen LogP contribution < -0.4 is 10.1 Å². The van der Waals surface area contributed by atoms with Crippen molar-refractivity contribution in [1.29, 1.82) is 0 Å². The lowest BCUT2D eigenvalue weighted by Gasteiger charge is -2.11. The Kier molecular flexibility index (Phi) is 5.99. The second kappa shape index (κ2) is 7.49. The zero-order valence-corrected chi connectivity index (χ0v) is 11.5. The molecule has 1 aromatic carbocycles. The van der Waals surface area contributed by atoms with Gasteiger partial charge in [-0.3, -0.25) is 4.79 Å². The summed E-state index contributed by atoms with van der Waals surface area (Å²) in [6.45, 7) is 3.86. The van der Waals surface area contributed by atoms with Gasteiger partial charge in [0.1, 0.15) is 5.75 Å². The van der Waals surface area contributed by atoms with Crippen LogP contribution in [0.2, 0.25) is 0 Å². The number of carboxylic acids is 1. The lowest BCUT2D eigenvalue weighted by atomic mass is 10.2. The Morgan fingerprint density at radius 2 is 2.05 bits per heavy atom. The summed E-state index contributed by atoms with van der Waals surface area (Å²) in [7, 11) is 0. The number of rotatable bonds is 7. The summed E-state index contributed by atoms with van der Waals surface area (Å²) >= 11 is 0. The van der Waals surface area contributed by atoms with Crippen LogP contribution in [0.3, 0.4) is 0 Å². The molecular formula is C14H19NO5. The van der Waals surface area contributed by atoms with Crippen molar-refractivity contribution in [1.82, 2.24) is 5.32 Å². The lowest BCUT2D eigenvalue weighted by Crippen LogP contribution is -2.30. The first kappa shape index (κ1) is 16.0. The summed E-state index contributed by atoms with van der Waals surface area (Å²) < 4.78 is 5.48. The van der Waals surface area contributed by atoms with Crippen molar-refractivity contribution in [2.45, 2.75) is 32.5 Å². The molecule has 0 spiro atoms. The van der Waals surface area contributed by atoms with Gasteiger partial charge in [-0.25, -0.2) is 4.79 Å². The minimum atomic E-state index is -1.47. The summed E-state index contributed by atoms with van der Waals surface area (Å²) in [5.74, 6) is -1.04. The van der Waals surface area contributed by atoms with E-state index in [9.17, 15) is 9.59 Å². The van der Waals surface area contributed by atoms with Crippen LogP contribution in [0.25, 0.3) is 0 Å². The second-order valence-corrected chi connectivity index (χ2v) is 4.59. The zero-order chi connectivity index (χ0) is 15.1. The average molecular weight is 281 g/mol. The maximum absolute atomic E-state index is 11.8. The molecule has 0 aromatic heterocycles. The van der Waals surface area contributed by atoms with Crippen LogP contribution in [-0.4, -0.2) is 40.8 Å². The summed E-state index contributed by atoms with van der Waals surface area (Å²) in [6, 6.07) is 6.71. The molecule has 0 saturated carbocycles. The molecule has 1 amide bonds. The Morgan fingerprint density at radius 3 is 2.65 bits per heavy atom. The molecule has 0 aliphatic heterocycles. The van der Waals surface area contributed by atoms with Crippen molar-refractivity contribution in [2.75, 3.05) is 6.54 Å². The molecule has 0 aliphatic carbocycles. The number of aliphatic hydroxyl groups excluding tert-OH is 1. The molecular weight excluding hydrogens is 262 g/mol. The average Bonchev–Trinajstić information content (AvgIpc) is 2.37. The molecule has 110 valence electrons. The largest absolute Gasteiger partial charge is 0.491 e. The highest BCUT2D eigenvalue weighted by Crippen LogP contribution is 2.14. The Labute approximate surface area is 117 Å². The number of ether oxygens (including phenoxy) is 1. The first-order valence-corrected chi connectivity index (χ1v) is 6.36. The highest BCUT2D eigenvalue weighted by Gasteiger charge is 2.13. The van der Waals surface area contributed by atoms with E-state index in [4.69, 9.17) is 14.9 Å². The summed E-state index contributed by atoms with van der Waals surface area (Å²) in [4.78, 5) is 22.3. The fraction of sp³-hybridized carbons (Fsp3) is 0.429. The fourth-order valence-electron chi connectivity index (χ4n) is 1.53. The maximum Gasteiger partial charge on any atom is 0.332 e. The third-order valence-corrected chi connectivity index (χ3v) is 2.46. The van der Waals surface area contributed by atoms with Gasteiger partial charge in [0.15, 0.2) is 6.10 Å². The molecule has 0 saturated heterocycles. The number of carboxylic acid groups (broad SMARTS) is 1. The van der Waals surface area contributed by atoms with Crippen LogP contribution in [0, 0.1) is 0 Å². The molecule has 1 rings (SSSR count). The van der Waals surface area contributed by atoms with Gasteiger partial charge in [-0.1, -0.05) is 6.07 Å². The maximum atomic E-state index is 11.8. The number of carbonyl (C=O) groups excluding carboxylic acids is 1. The van der Waals surface area contributed by atoms with Crippen LogP contribution in [0.15, 0.2) is 24.3 Å². The minimum absolute atomic E-state index is 0.0130. The molecule has 0 radical (unpaired) electrons. The third-order valence-electron chi connectivity index (χ3n) is 2.46. The first-order chi connectivity index (χ1) is 9.40. The summed E-state index contributed by atoms with van der Waals surface area (Å²) in [5, 5.41) is 20.1. The van der Waals surface area contributed by atoms with Gasteiger partial charge in [0, 0.05) is 18.5 Å². The number of carbonyl (C=O) groups is 2. The zero-order valence-electron chi connectivity index (χ0n) is 11.5. The van der Waals surface area contributed by atoms with Gasteiger partial charge in [0.05, 0.1) is 6.10 Å². The summed E-state index contributed by atoms with van der Waals surface area (Å²) in [6.07, 6.45) is -1.49. The van der Waals surface area contributed by atoms with E-state index < -0.39 is 12.1 Å². The smallest absolute Gasteiger partial charge is 0.332 e. The minimum Gasteiger partial charge on any atom is -0.491 e. The summed E-state index contributed by atoms with van der Waals surface area (Å²) in [5.41, 5.74) is 0.424. The van der Waals surface area contributed by atoms with Crippen molar-refractivity contribution < 1.29 is 24.5 Å². The molecule has 6 nitrogen and oxygen atoms in total. The van der Waals surface area contributed by atoms with Gasteiger partial charge < -0.3 is 20.3 Å². The molecule has 20 heavy (non-hydrogen) atoms. The molecule has 6 heteroatoms. The molecule has 0 heterocycles. The number of aliphatic carboxylic acids is 1. The molecule has 0 aliphatic rings. The van der Waals surface area contributed by atoms with Crippen LogP contribution in [0.4, 0.5) is 0 Å². The number of amides is 1.